The van der Waals surface area contributed by atoms with Gasteiger partial charge in [-0.25, -0.2) is 17.6 Å². The number of benzene rings is 1. The van der Waals surface area contributed by atoms with Crippen LogP contribution in [0.5, 0.6) is 5.75 Å². The fourth-order valence-electron chi connectivity index (χ4n) is 2.19. The lowest BCUT2D eigenvalue weighted by Crippen LogP contribution is -2.18. The topological polar surface area (TPSA) is 119 Å². The first-order chi connectivity index (χ1) is 11.2. The number of nitrogens with one attached hydrogen (secondary N) is 1. The summed E-state index contributed by atoms with van der Waals surface area (Å²) in [4.78, 5) is 11.1. The number of nitrogens with zero attached hydrogens (tertiary/aromatic N) is 1. The molecule has 2 aromatic rings. The molecule has 130 valence electrons. The van der Waals surface area contributed by atoms with Gasteiger partial charge in [-0.1, -0.05) is 5.16 Å². The van der Waals surface area contributed by atoms with E-state index in [0.717, 1.165) is 12.1 Å². The van der Waals surface area contributed by atoms with E-state index in [4.69, 9.17) is 9.26 Å². The Morgan fingerprint density at radius 2 is 2.08 bits per heavy atom. The van der Waals surface area contributed by atoms with Gasteiger partial charge < -0.3 is 14.4 Å². The van der Waals surface area contributed by atoms with Gasteiger partial charge in [0, 0.05) is 0 Å². The Balaban J connectivity index is 2.64. The lowest BCUT2D eigenvalue weighted by Gasteiger charge is -2.15. The zero-order chi connectivity index (χ0) is 18.1. The molecule has 0 saturated carbocycles. The second-order valence-electron chi connectivity index (χ2n) is 4.79. The van der Waals surface area contributed by atoms with E-state index in [-0.39, 0.29) is 28.7 Å². The van der Waals surface area contributed by atoms with E-state index < -0.39 is 33.1 Å². The lowest BCUT2D eigenvalue weighted by molar-refractivity contribution is 0.0692. The van der Waals surface area contributed by atoms with Gasteiger partial charge in [-0.15, -0.1) is 0 Å². The highest BCUT2D eigenvalue weighted by Crippen LogP contribution is 2.34. The van der Waals surface area contributed by atoms with Crippen molar-refractivity contribution in [2.24, 2.45) is 0 Å². The first-order valence-electron chi connectivity index (χ1n) is 6.83. The van der Waals surface area contributed by atoms with Crippen LogP contribution in [0.4, 0.5) is 10.1 Å². The molecular formula is C14H15FN2O6S. The van der Waals surface area contributed by atoms with Gasteiger partial charge in [-0.05, 0) is 32.9 Å². The molecule has 0 spiro atoms. The van der Waals surface area contributed by atoms with Gasteiger partial charge in [0.15, 0.2) is 10.7 Å². The Kier molecular flexibility index (Phi) is 4.78. The third-order valence-corrected chi connectivity index (χ3v) is 4.70. The quantitative estimate of drug-likeness (QED) is 0.813. The summed E-state index contributed by atoms with van der Waals surface area (Å²) >= 11 is 0. The van der Waals surface area contributed by atoms with E-state index in [1.165, 1.54) is 13.8 Å². The maximum Gasteiger partial charge on any atom is 0.340 e. The van der Waals surface area contributed by atoms with Crippen molar-refractivity contribution in [2.45, 2.75) is 25.7 Å². The van der Waals surface area contributed by atoms with Crippen molar-refractivity contribution < 1.29 is 32.0 Å². The molecule has 0 bridgehead atoms. The highest BCUT2D eigenvalue weighted by Gasteiger charge is 2.29. The third kappa shape index (κ3) is 3.18. The summed E-state index contributed by atoms with van der Waals surface area (Å²) in [5.41, 5.74) is -1.24. The molecule has 0 aliphatic rings. The zero-order valence-corrected chi connectivity index (χ0v) is 13.9. The molecule has 2 N–H and O–H groups in total. The number of ether oxygens (including phenoxy) is 1. The van der Waals surface area contributed by atoms with Crippen LogP contribution in [0.15, 0.2) is 21.6 Å². The average molecular weight is 358 g/mol. The molecule has 8 nitrogen and oxygen atoms in total. The molecule has 0 atom stereocenters. The van der Waals surface area contributed by atoms with Crippen LogP contribution < -0.4 is 9.46 Å². The lowest BCUT2D eigenvalue weighted by atomic mass is 10.1. The number of hydrogen-bond acceptors (Lipinski definition) is 6. The number of hydrogen-bond donors (Lipinski definition) is 2. The maximum atomic E-state index is 13.9. The molecule has 1 heterocycles. The number of carbonyl (C=O) groups is 1. The van der Waals surface area contributed by atoms with Gasteiger partial charge in [-0.2, -0.15) is 0 Å². The Hall–Kier alpha value is -2.62. The largest absolute Gasteiger partial charge is 0.492 e. The van der Waals surface area contributed by atoms with Crippen LogP contribution in [0, 0.1) is 19.7 Å². The predicted molar refractivity (Wildman–Crippen MR) is 81.3 cm³/mol. The molecule has 2 rings (SSSR count). The van der Waals surface area contributed by atoms with Crippen molar-refractivity contribution in [3.63, 3.8) is 0 Å². The van der Waals surface area contributed by atoms with Crippen molar-refractivity contribution in [1.29, 1.82) is 0 Å². The predicted octanol–water partition coefficient (Wildman–Crippen LogP) is 2.33. The Bertz CT molecular complexity index is 871. The number of aromatic nitrogens is 1. The van der Waals surface area contributed by atoms with E-state index in [0.29, 0.717) is 0 Å². The summed E-state index contributed by atoms with van der Waals surface area (Å²) < 4.78 is 51.1. The SMILES string of the molecule is CCOc1ccc(F)c(C(=O)O)c1NS(=O)(=O)c1c(C)noc1C. The molecular weight excluding hydrogens is 343 g/mol. The third-order valence-electron chi connectivity index (χ3n) is 3.10. The van der Waals surface area contributed by atoms with E-state index >= 15 is 0 Å². The molecule has 1 aromatic heterocycles. The van der Waals surface area contributed by atoms with E-state index in [1.807, 2.05) is 0 Å². The highest BCUT2D eigenvalue weighted by molar-refractivity contribution is 7.92. The van der Waals surface area contributed by atoms with Crippen LogP contribution in [0.25, 0.3) is 0 Å². The molecule has 0 saturated heterocycles. The summed E-state index contributed by atoms with van der Waals surface area (Å²) in [5.74, 6) is -2.81. The molecule has 10 heteroatoms. The minimum absolute atomic E-state index is 0.0197. The summed E-state index contributed by atoms with van der Waals surface area (Å²) in [7, 11) is -4.26. The fraction of sp³-hybridized carbons (Fsp3) is 0.286. The average Bonchev–Trinajstić information content (AvgIpc) is 2.81. The number of carboxylic acid groups (broad SMARTS) is 1. The van der Waals surface area contributed by atoms with Crippen molar-refractivity contribution in [3.05, 3.63) is 35.0 Å². The Labute approximate surface area is 137 Å². The van der Waals surface area contributed by atoms with Crippen LogP contribution in [0.1, 0.15) is 28.7 Å². The molecule has 0 radical (unpaired) electrons. The fourth-order valence-corrected chi connectivity index (χ4v) is 3.60. The van der Waals surface area contributed by atoms with Gasteiger partial charge in [0.25, 0.3) is 10.0 Å². The normalized spacial score (nSPS) is 11.3. The van der Waals surface area contributed by atoms with Crippen molar-refractivity contribution in [2.75, 3.05) is 11.3 Å². The second-order valence-corrected chi connectivity index (χ2v) is 6.41. The zero-order valence-electron chi connectivity index (χ0n) is 13.1. The molecule has 0 amide bonds. The first-order valence-corrected chi connectivity index (χ1v) is 8.31. The standard InChI is InChI=1S/C14H15FN2O6S/c1-4-22-10-6-5-9(15)11(14(18)19)12(10)17-24(20,21)13-7(2)16-23-8(13)3/h5-6,17H,4H2,1-3H3,(H,18,19). The number of halogens is 1. The van der Waals surface area contributed by atoms with Gasteiger partial charge >= 0.3 is 5.97 Å². The highest BCUT2D eigenvalue weighted by atomic mass is 32.2. The van der Waals surface area contributed by atoms with Gasteiger partial charge in [0.2, 0.25) is 0 Å². The van der Waals surface area contributed by atoms with Crippen molar-refractivity contribution >= 4 is 21.7 Å². The number of anilines is 1. The van der Waals surface area contributed by atoms with Crippen molar-refractivity contribution in [1.82, 2.24) is 5.16 Å². The number of aromatic carboxylic acids is 1. The van der Waals surface area contributed by atoms with E-state index in [2.05, 4.69) is 9.88 Å². The molecule has 0 unspecified atom stereocenters. The smallest absolute Gasteiger partial charge is 0.340 e. The number of rotatable bonds is 6. The van der Waals surface area contributed by atoms with Crippen molar-refractivity contribution in [3.8, 4) is 5.75 Å². The summed E-state index contributed by atoms with van der Waals surface area (Å²) in [6.07, 6.45) is 0. The maximum absolute atomic E-state index is 13.9. The summed E-state index contributed by atoms with van der Waals surface area (Å²) in [5, 5.41) is 12.8. The molecule has 24 heavy (non-hydrogen) atoms. The van der Waals surface area contributed by atoms with Crippen LogP contribution in [-0.4, -0.2) is 31.3 Å². The van der Waals surface area contributed by atoms with Gasteiger partial charge in [0.05, 0.1) is 6.61 Å². The van der Waals surface area contributed by atoms with Gasteiger partial charge in [-0.3, -0.25) is 4.72 Å². The minimum Gasteiger partial charge on any atom is -0.492 e. The van der Waals surface area contributed by atoms with Gasteiger partial charge in [0.1, 0.15) is 28.5 Å². The number of sulfonamides is 1. The minimum atomic E-state index is -4.26. The summed E-state index contributed by atoms with van der Waals surface area (Å²) in [6, 6.07) is 2.04. The van der Waals surface area contributed by atoms with E-state index in [9.17, 15) is 22.7 Å². The van der Waals surface area contributed by atoms with Crippen LogP contribution >= 0.6 is 0 Å². The second kappa shape index (κ2) is 6.48. The Morgan fingerprint density at radius 1 is 1.42 bits per heavy atom. The van der Waals surface area contributed by atoms with Crippen LogP contribution in [0.3, 0.4) is 0 Å². The Morgan fingerprint density at radius 3 is 2.58 bits per heavy atom. The molecule has 0 aliphatic carbocycles. The molecule has 0 fully saturated rings. The first kappa shape index (κ1) is 17.7. The van der Waals surface area contributed by atoms with Crippen LogP contribution in [0.2, 0.25) is 0 Å². The van der Waals surface area contributed by atoms with E-state index in [1.54, 1.807) is 6.92 Å². The number of carboxylic acids is 1. The van der Waals surface area contributed by atoms with Crippen LogP contribution in [-0.2, 0) is 10.0 Å². The summed E-state index contributed by atoms with van der Waals surface area (Å²) in [6.45, 7) is 4.56. The molecule has 0 aliphatic heterocycles. The molecule has 1 aromatic carbocycles. The number of aryl methyl sites for hydroxylation is 2. The monoisotopic (exact) mass is 358 g/mol.